The van der Waals surface area contributed by atoms with Crippen molar-refractivity contribution >= 4 is 17.7 Å². The minimum Gasteiger partial charge on any atom is -0.348 e. The van der Waals surface area contributed by atoms with Crippen molar-refractivity contribution in [3.63, 3.8) is 0 Å². The standard InChI is InChI=1S/C15H18N8O3/c1-9(24)21-14(26)15(16,10-2-3-10)8-19-13(25)11-6-20-23(22-11)12-7-17-4-5-18-12/h4-7,10H,2-3,8,16H2,1H3,(H,19,25)(H,21,24,26). The molecule has 11 heteroatoms. The van der Waals surface area contributed by atoms with Gasteiger partial charge < -0.3 is 11.1 Å². The third kappa shape index (κ3) is 3.72. The fourth-order valence-electron chi connectivity index (χ4n) is 2.47. The highest BCUT2D eigenvalue weighted by molar-refractivity contribution is 6.00. The molecule has 0 saturated heterocycles. The summed E-state index contributed by atoms with van der Waals surface area (Å²) in [4.78, 5) is 44.8. The van der Waals surface area contributed by atoms with E-state index in [2.05, 4.69) is 30.8 Å². The summed E-state index contributed by atoms with van der Waals surface area (Å²) in [5.41, 5.74) is 4.88. The van der Waals surface area contributed by atoms with Crippen LogP contribution in [0.25, 0.3) is 5.82 Å². The van der Waals surface area contributed by atoms with Crippen molar-refractivity contribution in [2.75, 3.05) is 6.54 Å². The first-order valence-corrected chi connectivity index (χ1v) is 7.98. The molecule has 1 aliphatic rings. The molecule has 1 atom stereocenters. The van der Waals surface area contributed by atoms with Crippen LogP contribution in [0.3, 0.4) is 0 Å². The topological polar surface area (TPSA) is 158 Å². The maximum Gasteiger partial charge on any atom is 0.273 e. The van der Waals surface area contributed by atoms with Gasteiger partial charge in [-0.2, -0.15) is 5.10 Å². The quantitative estimate of drug-likeness (QED) is 0.566. The second kappa shape index (κ2) is 6.96. The van der Waals surface area contributed by atoms with E-state index in [1.54, 1.807) is 0 Å². The fraction of sp³-hybridized carbons (Fsp3) is 0.400. The van der Waals surface area contributed by atoms with Crippen molar-refractivity contribution in [3.05, 3.63) is 30.5 Å². The van der Waals surface area contributed by atoms with Crippen LogP contribution in [-0.4, -0.2) is 54.8 Å². The highest BCUT2D eigenvalue weighted by Crippen LogP contribution is 2.38. The molecule has 2 heterocycles. The van der Waals surface area contributed by atoms with Gasteiger partial charge >= 0.3 is 0 Å². The minimum atomic E-state index is -1.35. The van der Waals surface area contributed by atoms with Gasteiger partial charge in [-0.25, -0.2) is 4.98 Å². The second-order valence-electron chi connectivity index (χ2n) is 6.09. The van der Waals surface area contributed by atoms with Crippen molar-refractivity contribution in [2.24, 2.45) is 11.7 Å². The minimum absolute atomic E-state index is 0.0424. The van der Waals surface area contributed by atoms with E-state index in [0.717, 1.165) is 12.8 Å². The Labute approximate surface area is 148 Å². The Morgan fingerprint density at radius 1 is 1.31 bits per heavy atom. The van der Waals surface area contributed by atoms with Crippen LogP contribution in [0.4, 0.5) is 0 Å². The summed E-state index contributed by atoms with van der Waals surface area (Å²) in [5.74, 6) is -1.36. The summed E-state index contributed by atoms with van der Waals surface area (Å²) in [6, 6.07) is 0. The summed E-state index contributed by atoms with van der Waals surface area (Å²) in [7, 11) is 0. The van der Waals surface area contributed by atoms with E-state index in [-0.39, 0.29) is 18.2 Å². The predicted molar refractivity (Wildman–Crippen MR) is 87.7 cm³/mol. The van der Waals surface area contributed by atoms with Crippen molar-refractivity contribution in [3.8, 4) is 5.82 Å². The number of imide groups is 1. The molecular formula is C15H18N8O3. The van der Waals surface area contributed by atoms with Crippen molar-refractivity contribution in [1.82, 2.24) is 35.6 Å². The van der Waals surface area contributed by atoms with Crippen LogP contribution >= 0.6 is 0 Å². The van der Waals surface area contributed by atoms with Crippen LogP contribution < -0.4 is 16.4 Å². The molecule has 2 aromatic rings. The first-order valence-electron chi connectivity index (χ1n) is 7.98. The van der Waals surface area contributed by atoms with Crippen molar-refractivity contribution in [1.29, 1.82) is 0 Å². The zero-order valence-corrected chi connectivity index (χ0v) is 14.0. The van der Waals surface area contributed by atoms with E-state index >= 15 is 0 Å². The largest absolute Gasteiger partial charge is 0.348 e. The van der Waals surface area contributed by atoms with Gasteiger partial charge in [-0.3, -0.25) is 24.7 Å². The van der Waals surface area contributed by atoms with Gasteiger partial charge in [0.2, 0.25) is 11.8 Å². The third-order valence-electron chi connectivity index (χ3n) is 4.04. The maximum absolute atomic E-state index is 12.3. The summed E-state index contributed by atoms with van der Waals surface area (Å²) >= 11 is 0. The van der Waals surface area contributed by atoms with Crippen LogP contribution in [-0.2, 0) is 9.59 Å². The van der Waals surface area contributed by atoms with Crippen LogP contribution in [0.5, 0.6) is 0 Å². The predicted octanol–water partition coefficient (Wildman–Crippen LogP) is -1.44. The first kappa shape index (κ1) is 17.6. The van der Waals surface area contributed by atoms with Gasteiger partial charge in [0.25, 0.3) is 5.91 Å². The van der Waals surface area contributed by atoms with Gasteiger partial charge in [-0.1, -0.05) is 0 Å². The van der Waals surface area contributed by atoms with Crippen LogP contribution in [0.2, 0.25) is 0 Å². The van der Waals surface area contributed by atoms with Crippen molar-refractivity contribution in [2.45, 2.75) is 25.3 Å². The molecule has 0 radical (unpaired) electrons. The number of carbonyl (C=O) groups excluding carboxylic acids is 3. The zero-order valence-electron chi connectivity index (χ0n) is 14.0. The lowest BCUT2D eigenvalue weighted by atomic mass is 9.93. The third-order valence-corrected chi connectivity index (χ3v) is 4.04. The molecule has 11 nitrogen and oxygen atoms in total. The molecule has 2 aromatic heterocycles. The molecule has 1 fully saturated rings. The lowest BCUT2D eigenvalue weighted by Gasteiger charge is -2.27. The van der Waals surface area contributed by atoms with E-state index in [1.807, 2.05) is 0 Å². The second-order valence-corrected chi connectivity index (χ2v) is 6.09. The monoisotopic (exact) mass is 358 g/mol. The molecule has 3 amide bonds. The number of nitrogens with one attached hydrogen (secondary N) is 2. The molecule has 1 aliphatic carbocycles. The molecule has 0 bridgehead atoms. The number of aromatic nitrogens is 5. The van der Waals surface area contributed by atoms with Crippen LogP contribution in [0.1, 0.15) is 30.3 Å². The SMILES string of the molecule is CC(=O)NC(=O)C(N)(CNC(=O)c1cnn(-c2cnccn2)n1)C1CC1. The summed E-state index contributed by atoms with van der Waals surface area (Å²) in [5, 5.41) is 12.8. The lowest BCUT2D eigenvalue weighted by molar-refractivity contribution is -0.133. The number of nitrogens with two attached hydrogens (primary N) is 1. The Bertz CT molecular complexity index is 832. The molecule has 136 valence electrons. The fourth-order valence-corrected chi connectivity index (χ4v) is 2.47. The average molecular weight is 358 g/mol. The molecule has 1 saturated carbocycles. The Morgan fingerprint density at radius 2 is 2.08 bits per heavy atom. The van der Waals surface area contributed by atoms with Gasteiger partial charge in [-0.05, 0) is 18.8 Å². The van der Waals surface area contributed by atoms with Crippen molar-refractivity contribution < 1.29 is 14.4 Å². The Balaban J connectivity index is 1.67. The summed E-state index contributed by atoms with van der Waals surface area (Å²) < 4.78 is 0. The van der Waals surface area contributed by atoms with Crippen LogP contribution in [0, 0.1) is 5.92 Å². The smallest absolute Gasteiger partial charge is 0.273 e. The van der Waals surface area contributed by atoms with E-state index in [4.69, 9.17) is 5.73 Å². The van der Waals surface area contributed by atoms with E-state index in [0.29, 0.717) is 5.82 Å². The molecule has 0 aliphatic heterocycles. The zero-order chi connectivity index (χ0) is 18.7. The highest BCUT2D eigenvalue weighted by Gasteiger charge is 2.48. The molecule has 3 rings (SSSR count). The summed E-state index contributed by atoms with van der Waals surface area (Å²) in [6.07, 6.45) is 7.23. The van der Waals surface area contributed by atoms with Gasteiger partial charge in [0.05, 0.1) is 12.4 Å². The number of amides is 3. The Morgan fingerprint density at radius 3 is 2.69 bits per heavy atom. The molecule has 0 aromatic carbocycles. The number of rotatable bonds is 6. The number of hydrogen-bond acceptors (Lipinski definition) is 8. The Hall–Kier alpha value is -3.21. The Kier molecular flexibility index (Phi) is 4.71. The molecule has 1 unspecified atom stereocenters. The molecule has 4 N–H and O–H groups in total. The van der Waals surface area contributed by atoms with Gasteiger partial charge in [0.1, 0.15) is 5.54 Å². The van der Waals surface area contributed by atoms with Crippen LogP contribution in [0.15, 0.2) is 24.8 Å². The normalized spacial score (nSPS) is 15.8. The number of nitrogens with zero attached hydrogens (tertiary/aromatic N) is 5. The molecule has 26 heavy (non-hydrogen) atoms. The van der Waals surface area contributed by atoms with E-state index < -0.39 is 23.3 Å². The summed E-state index contributed by atoms with van der Waals surface area (Å²) in [6.45, 7) is 1.11. The van der Waals surface area contributed by atoms with E-state index in [9.17, 15) is 14.4 Å². The van der Waals surface area contributed by atoms with Gasteiger partial charge in [0.15, 0.2) is 11.5 Å². The highest BCUT2D eigenvalue weighted by atomic mass is 16.2. The van der Waals surface area contributed by atoms with Gasteiger partial charge in [0, 0.05) is 25.9 Å². The van der Waals surface area contributed by atoms with Gasteiger partial charge in [-0.15, -0.1) is 9.90 Å². The first-order chi connectivity index (χ1) is 12.4. The maximum atomic E-state index is 12.3. The molecule has 0 spiro atoms. The van der Waals surface area contributed by atoms with E-state index in [1.165, 1.54) is 36.5 Å². The average Bonchev–Trinajstić information content (AvgIpc) is 3.37. The lowest BCUT2D eigenvalue weighted by Crippen LogP contribution is -2.62. The number of hydrogen-bond donors (Lipinski definition) is 3. The number of carbonyl (C=O) groups is 3. The molecular weight excluding hydrogens is 340 g/mol.